The van der Waals surface area contributed by atoms with E-state index in [9.17, 15) is 0 Å². The molecule has 0 fully saturated rings. The predicted octanol–water partition coefficient (Wildman–Crippen LogP) is 1.50. The lowest BCUT2D eigenvalue weighted by Crippen LogP contribution is -2.07. The van der Waals surface area contributed by atoms with E-state index in [0.29, 0.717) is 0 Å². The lowest BCUT2D eigenvalue weighted by Gasteiger charge is -2.04. The molecule has 1 heterocycles. The Balaban J connectivity index is 2.88. The second kappa shape index (κ2) is 3.13. The van der Waals surface area contributed by atoms with Crippen molar-refractivity contribution in [1.29, 1.82) is 0 Å². The summed E-state index contributed by atoms with van der Waals surface area (Å²) in [5.74, 6) is 1.81. The van der Waals surface area contributed by atoms with Crippen molar-refractivity contribution >= 4 is 31.1 Å². The van der Waals surface area contributed by atoms with Gasteiger partial charge in [-0.15, -0.1) is 20.2 Å². The minimum atomic E-state index is 0.977. The lowest BCUT2D eigenvalue weighted by atomic mass is 10.6. The van der Waals surface area contributed by atoms with Crippen LogP contribution in [-0.2, 0) is 0 Å². The second-order valence-corrected chi connectivity index (χ2v) is 3.22. The molecule has 0 aliphatic carbocycles. The average molecular weight is 172 g/mol. The Morgan fingerprint density at radius 2 is 2.40 bits per heavy atom. The van der Waals surface area contributed by atoms with Crippen LogP contribution in [0.5, 0.6) is 0 Å². The van der Waals surface area contributed by atoms with Crippen molar-refractivity contribution in [3.8, 4) is 0 Å². The van der Waals surface area contributed by atoms with E-state index in [-0.39, 0.29) is 0 Å². The van der Waals surface area contributed by atoms with Gasteiger partial charge in [-0.3, -0.25) is 0 Å². The van der Waals surface area contributed by atoms with E-state index in [2.05, 4.69) is 13.8 Å². The first-order valence-corrected chi connectivity index (χ1v) is 4.33. The summed E-state index contributed by atoms with van der Waals surface area (Å²) in [4.78, 5) is 6.26. The van der Waals surface area contributed by atoms with E-state index in [0.717, 1.165) is 10.8 Å². The molecule has 0 amide bonds. The number of rotatable bonds is 2. The summed E-state index contributed by atoms with van der Waals surface area (Å²) in [6.07, 6.45) is 0. The largest absolute Gasteiger partial charge is 0.354 e. The van der Waals surface area contributed by atoms with Crippen molar-refractivity contribution in [2.24, 2.45) is 0 Å². The van der Waals surface area contributed by atoms with Crippen LogP contribution in [0.3, 0.4) is 0 Å². The molecular formula is C6H9N2PS. The summed E-state index contributed by atoms with van der Waals surface area (Å²) >= 11 is 1.63. The molecule has 10 heavy (non-hydrogen) atoms. The van der Waals surface area contributed by atoms with E-state index < -0.39 is 0 Å². The van der Waals surface area contributed by atoms with Gasteiger partial charge < -0.3 is 4.90 Å². The van der Waals surface area contributed by atoms with E-state index in [1.165, 1.54) is 0 Å². The minimum Gasteiger partial charge on any atom is -0.354 e. The van der Waals surface area contributed by atoms with E-state index >= 15 is 0 Å². The van der Waals surface area contributed by atoms with Crippen molar-refractivity contribution in [3.63, 3.8) is 0 Å². The fourth-order valence-electron chi connectivity index (χ4n) is 0.548. The average Bonchev–Trinajstić information content (AvgIpc) is 2.34. The van der Waals surface area contributed by atoms with Crippen LogP contribution in [0, 0.1) is 0 Å². The monoisotopic (exact) mass is 172 g/mol. The van der Waals surface area contributed by atoms with Gasteiger partial charge in [0.2, 0.25) is 0 Å². The smallest absolute Gasteiger partial charge is 0.185 e. The van der Waals surface area contributed by atoms with E-state index in [1.54, 1.807) is 11.3 Å². The molecule has 0 unspecified atom stereocenters. The van der Waals surface area contributed by atoms with Crippen LogP contribution in [0.1, 0.15) is 5.69 Å². The maximum absolute atomic E-state index is 4.27. The normalized spacial score (nSPS) is 9.40. The fourth-order valence-corrected chi connectivity index (χ4v) is 1.53. The third kappa shape index (κ3) is 1.55. The first kappa shape index (κ1) is 7.70. The third-order valence-electron chi connectivity index (χ3n) is 1.04. The van der Waals surface area contributed by atoms with E-state index in [4.69, 9.17) is 0 Å². The van der Waals surface area contributed by atoms with Crippen LogP contribution in [-0.4, -0.2) is 24.9 Å². The summed E-state index contributed by atoms with van der Waals surface area (Å²) in [5.41, 5.74) is 0.977. The number of thiazole rings is 1. The molecule has 2 nitrogen and oxygen atoms in total. The van der Waals surface area contributed by atoms with Gasteiger partial charge in [0.15, 0.2) is 5.13 Å². The maximum atomic E-state index is 4.27. The topological polar surface area (TPSA) is 16.1 Å². The van der Waals surface area contributed by atoms with Crippen molar-refractivity contribution in [1.82, 2.24) is 4.98 Å². The molecule has 1 aromatic heterocycles. The Kier molecular flexibility index (Phi) is 2.41. The fraction of sp³-hybridized carbons (Fsp3) is 0.333. The van der Waals surface area contributed by atoms with Crippen LogP contribution < -0.4 is 4.90 Å². The molecule has 0 saturated carbocycles. The summed E-state index contributed by atoms with van der Waals surface area (Å²) in [6, 6.07) is 0. The summed E-state index contributed by atoms with van der Waals surface area (Å²) < 4.78 is 0. The zero-order chi connectivity index (χ0) is 7.56. The molecule has 0 aliphatic heterocycles. The Bertz CT molecular complexity index is 231. The van der Waals surface area contributed by atoms with Gasteiger partial charge in [0.25, 0.3) is 0 Å². The first-order chi connectivity index (χ1) is 4.74. The van der Waals surface area contributed by atoms with Gasteiger partial charge in [-0.25, -0.2) is 4.98 Å². The first-order valence-electron chi connectivity index (χ1n) is 2.87. The van der Waals surface area contributed by atoms with Gasteiger partial charge in [-0.1, -0.05) is 0 Å². The zero-order valence-electron chi connectivity index (χ0n) is 5.96. The maximum Gasteiger partial charge on any atom is 0.185 e. The molecule has 4 heteroatoms. The van der Waals surface area contributed by atoms with Crippen LogP contribution >= 0.6 is 20.2 Å². The molecule has 0 aliphatic rings. The SMILES string of the molecule is CN(C)c1nc(C=P)cs1. The van der Waals surface area contributed by atoms with Gasteiger partial charge in [-0.05, 0) is 5.80 Å². The highest BCUT2D eigenvalue weighted by atomic mass is 32.1. The lowest BCUT2D eigenvalue weighted by molar-refractivity contribution is 1.10. The van der Waals surface area contributed by atoms with Crippen LogP contribution in [0.4, 0.5) is 5.13 Å². The molecular weight excluding hydrogens is 163 g/mol. The zero-order valence-corrected chi connectivity index (χ0v) is 7.77. The van der Waals surface area contributed by atoms with Gasteiger partial charge in [0.05, 0.1) is 5.69 Å². The highest BCUT2D eigenvalue weighted by molar-refractivity contribution is 7.19. The van der Waals surface area contributed by atoms with Gasteiger partial charge in [-0.2, -0.15) is 0 Å². The molecule has 1 aromatic rings. The number of nitrogens with zero attached hydrogens (tertiary/aromatic N) is 2. The quantitative estimate of drug-likeness (QED) is 0.628. The number of aromatic nitrogens is 1. The molecule has 0 spiro atoms. The summed E-state index contributed by atoms with van der Waals surface area (Å²) in [7, 11) is 7.23. The molecule has 54 valence electrons. The standard InChI is InChI=1S/C6H9N2PS/c1-8(2)6-7-5(3-9)4-10-6/h3-4,9H,1-2H3. The van der Waals surface area contributed by atoms with Crippen molar-refractivity contribution in [2.45, 2.75) is 0 Å². The van der Waals surface area contributed by atoms with Crippen molar-refractivity contribution in [3.05, 3.63) is 11.1 Å². The summed E-state index contributed by atoms with van der Waals surface area (Å²) in [6.45, 7) is 0. The van der Waals surface area contributed by atoms with E-state index in [1.807, 2.05) is 30.2 Å². The Labute approximate surface area is 66.7 Å². The van der Waals surface area contributed by atoms with Gasteiger partial charge in [0.1, 0.15) is 0 Å². The van der Waals surface area contributed by atoms with Crippen molar-refractivity contribution in [2.75, 3.05) is 19.0 Å². The molecule has 0 radical (unpaired) electrons. The summed E-state index contributed by atoms with van der Waals surface area (Å²) in [5, 5.41) is 3.03. The van der Waals surface area contributed by atoms with Crippen LogP contribution in [0.25, 0.3) is 0 Å². The number of hydrogen-bond acceptors (Lipinski definition) is 3. The highest BCUT2D eigenvalue weighted by Gasteiger charge is 1.98. The Morgan fingerprint density at radius 1 is 1.70 bits per heavy atom. The molecule has 0 aromatic carbocycles. The molecule has 0 N–H and O–H groups in total. The highest BCUT2D eigenvalue weighted by Crippen LogP contribution is 2.16. The predicted molar refractivity (Wildman–Crippen MR) is 49.9 cm³/mol. The molecule has 0 atom stereocenters. The molecule has 1 rings (SSSR count). The molecule has 0 saturated heterocycles. The Morgan fingerprint density at radius 3 is 2.70 bits per heavy atom. The minimum absolute atomic E-state index is 0.977. The van der Waals surface area contributed by atoms with Gasteiger partial charge in [0, 0.05) is 19.5 Å². The van der Waals surface area contributed by atoms with Crippen LogP contribution in [0.2, 0.25) is 0 Å². The van der Waals surface area contributed by atoms with Crippen molar-refractivity contribution < 1.29 is 0 Å². The number of hydrogen-bond donors (Lipinski definition) is 0. The second-order valence-electron chi connectivity index (χ2n) is 2.09. The Hall–Kier alpha value is -0.400. The third-order valence-corrected chi connectivity index (χ3v) is 2.36. The van der Waals surface area contributed by atoms with Crippen LogP contribution in [0.15, 0.2) is 5.38 Å². The number of anilines is 1. The van der Waals surface area contributed by atoms with Gasteiger partial charge >= 0.3 is 0 Å². The molecule has 0 bridgehead atoms.